The molecule has 1 fully saturated rings. The Kier molecular flexibility index (Phi) is 7.00. The fourth-order valence-electron chi connectivity index (χ4n) is 2.48. The van der Waals surface area contributed by atoms with Crippen molar-refractivity contribution in [3.05, 3.63) is 29.8 Å². The molecule has 4 heteroatoms. The average molecular weight is 293 g/mol. The van der Waals surface area contributed by atoms with Crippen molar-refractivity contribution < 1.29 is 14.6 Å². The summed E-state index contributed by atoms with van der Waals surface area (Å²) >= 11 is 0. The number of nitrogens with one attached hydrogen (secondary N) is 1. The molecule has 0 saturated carbocycles. The minimum Gasteiger partial charge on any atom is -0.389 e. The third-order valence-electron chi connectivity index (χ3n) is 3.67. The molecule has 118 valence electrons. The van der Waals surface area contributed by atoms with Gasteiger partial charge in [0.2, 0.25) is 0 Å². The molecule has 0 aromatic heterocycles. The van der Waals surface area contributed by atoms with Crippen LogP contribution in [0.15, 0.2) is 24.3 Å². The lowest BCUT2D eigenvalue weighted by Crippen LogP contribution is -2.27. The van der Waals surface area contributed by atoms with Crippen molar-refractivity contribution >= 4 is 5.69 Å². The third-order valence-corrected chi connectivity index (χ3v) is 3.67. The summed E-state index contributed by atoms with van der Waals surface area (Å²) in [6.45, 7) is 4.45. The van der Waals surface area contributed by atoms with E-state index < -0.39 is 6.10 Å². The van der Waals surface area contributed by atoms with Gasteiger partial charge in [0.05, 0.1) is 25.4 Å². The lowest BCUT2D eigenvalue weighted by atomic mass is 10.1. The zero-order valence-corrected chi connectivity index (χ0v) is 12.9. The highest BCUT2D eigenvalue weighted by Gasteiger charge is 2.16. The molecule has 1 aliphatic heterocycles. The van der Waals surface area contributed by atoms with Gasteiger partial charge in [-0.1, -0.05) is 25.5 Å². The van der Waals surface area contributed by atoms with Crippen molar-refractivity contribution in [3.63, 3.8) is 0 Å². The number of aliphatic hydroxyl groups excluding tert-OH is 1. The van der Waals surface area contributed by atoms with Gasteiger partial charge >= 0.3 is 0 Å². The maximum atomic E-state index is 9.89. The summed E-state index contributed by atoms with van der Waals surface area (Å²) in [5.41, 5.74) is 2.39. The van der Waals surface area contributed by atoms with Gasteiger partial charge in [0.15, 0.2) is 0 Å². The molecule has 0 amide bonds. The van der Waals surface area contributed by atoms with Crippen LogP contribution in [0.4, 0.5) is 5.69 Å². The molecule has 1 aliphatic rings. The summed E-state index contributed by atoms with van der Waals surface area (Å²) in [7, 11) is 0. The summed E-state index contributed by atoms with van der Waals surface area (Å²) in [5, 5.41) is 13.1. The second-order valence-electron chi connectivity index (χ2n) is 5.65. The highest BCUT2D eigenvalue weighted by Crippen LogP contribution is 2.13. The first-order valence-electron chi connectivity index (χ1n) is 7.98. The Balaban J connectivity index is 1.60. The predicted molar refractivity (Wildman–Crippen MR) is 84.7 cm³/mol. The van der Waals surface area contributed by atoms with Gasteiger partial charge in [0.25, 0.3) is 0 Å². The van der Waals surface area contributed by atoms with Gasteiger partial charge in [-0.25, -0.2) is 0 Å². The Morgan fingerprint density at radius 1 is 1.38 bits per heavy atom. The van der Waals surface area contributed by atoms with Crippen molar-refractivity contribution in [2.45, 2.75) is 44.8 Å². The molecule has 0 spiro atoms. The van der Waals surface area contributed by atoms with Gasteiger partial charge in [-0.15, -0.1) is 0 Å². The quantitative estimate of drug-likeness (QED) is 0.735. The molecule has 21 heavy (non-hydrogen) atoms. The molecule has 1 aromatic carbocycles. The van der Waals surface area contributed by atoms with Crippen LogP contribution in [0.5, 0.6) is 0 Å². The largest absolute Gasteiger partial charge is 0.389 e. The van der Waals surface area contributed by atoms with E-state index in [0.717, 1.165) is 38.0 Å². The number of hydrogen-bond donors (Lipinski definition) is 2. The van der Waals surface area contributed by atoms with Gasteiger partial charge in [-0.2, -0.15) is 0 Å². The van der Waals surface area contributed by atoms with Crippen molar-refractivity contribution in [2.24, 2.45) is 0 Å². The van der Waals surface area contributed by atoms with Crippen LogP contribution in [0.3, 0.4) is 0 Å². The van der Waals surface area contributed by atoms with E-state index in [4.69, 9.17) is 9.47 Å². The van der Waals surface area contributed by atoms with Gasteiger partial charge in [-0.3, -0.25) is 0 Å². The molecule has 2 atom stereocenters. The topological polar surface area (TPSA) is 50.7 Å². The van der Waals surface area contributed by atoms with Crippen molar-refractivity contribution in [3.8, 4) is 0 Å². The maximum absolute atomic E-state index is 9.89. The Labute approximate surface area is 127 Å². The molecule has 2 N–H and O–H groups in total. The Hall–Kier alpha value is -1.10. The fourth-order valence-corrected chi connectivity index (χ4v) is 2.48. The lowest BCUT2D eigenvalue weighted by Gasteiger charge is -2.15. The van der Waals surface area contributed by atoms with Crippen LogP contribution in [-0.4, -0.2) is 43.7 Å². The second kappa shape index (κ2) is 9.03. The van der Waals surface area contributed by atoms with E-state index in [-0.39, 0.29) is 6.10 Å². The summed E-state index contributed by atoms with van der Waals surface area (Å²) in [5.74, 6) is 0. The highest BCUT2D eigenvalue weighted by atomic mass is 16.5. The van der Waals surface area contributed by atoms with Crippen molar-refractivity contribution in [1.29, 1.82) is 0 Å². The van der Waals surface area contributed by atoms with Gasteiger partial charge in [0.1, 0.15) is 0 Å². The first-order valence-corrected chi connectivity index (χ1v) is 7.98. The second-order valence-corrected chi connectivity index (χ2v) is 5.65. The number of aryl methyl sites for hydroxylation is 1. The zero-order chi connectivity index (χ0) is 14.9. The number of anilines is 1. The Morgan fingerprint density at radius 2 is 2.19 bits per heavy atom. The minimum absolute atomic E-state index is 0.219. The number of ether oxygens (including phenoxy) is 2. The van der Waals surface area contributed by atoms with E-state index in [0.29, 0.717) is 19.8 Å². The number of rotatable bonds is 9. The standard InChI is InChI=1S/C17H27NO3/c1-2-4-14-6-8-15(9-7-14)18-11-16(19)12-20-13-17-5-3-10-21-17/h6-9,16-19H,2-5,10-13H2,1H3. The highest BCUT2D eigenvalue weighted by molar-refractivity contribution is 5.44. The smallest absolute Gasteiger partial charge is 0.0945 e. The van der Waals surface area contributed by atoms with E-state index >= 15 is 0 Å². The minimum atomic E-state index is -0.498. The lowest BCUT2D eigenvalue weighted by molar-refractivity contribution is -0.0137. The van der Waals surface area contributed by atoms with Crippen LogP contribution in [-0.2, 0) is 15.9 Å². The summed E-state index contributed by atoms with van der Waals surface area (Å²) < 4.78 is 11.0. The predicted octanol–water partition coefficient (Wildman–Crippen LogP) is 2.61. The molecule has 1 heterocycles. The molecule has 2 unspecified atom stereocenters. The average Bonchev–Trinajstić information content (AvgIpc) is 3.00. The molecule has 1 saturated heterocycles. The normalized spacial score (nSPS) is 19.6. The van der Waals surface area contributed by atoms with Crippen LogP contribution in [0, 0.1) is 0 Å². The van der Waals surface area contributed by atoms with Crippen molar-refractivity contribution in [2.75, 3.05) is 31.7 Å². The molecule has 0 radical (unpaired) electrons. The number of hydrogen-bond acceptors (Lipinski definition) is 4. The summed E-state index contributed by atoms with van der Waals surface area (Å²) in [4.78, 5) is 0. The van der Waals surface area contributed by atoms with E-state index in [9.17, 15) is 5.11 Å². The van der Waals surface area contributed by atoms with Crippen LogP contribution in [0.2, 0.25) is 0 Å². The third kappa shape index (κ3) is 6.04. The molecule has 0 aliphatic carbocycles. The van der Waals surface area contributed by atoms with E-state index in [1.807, 2.05) is 0 Å². The van der Waals surface area contributed by atoms with E-state index in [2.05, 4.69) is 36.5 Å². The molecule has 4 nitrogen and oxygen atoms in total. The molecular weight excluding hydrogens is 266 g/mol. The molecular formula is C17H27NO3. The summed E-state index contributed by atoms with van der Waals surface area (Å²) in [6.07, 6.45) is 4.18. The zero-order valence-electron chi connectivity index (χ0n) is 12.9. The number of benzene rings is 1. The molecule has 0 bridgehead atoms. The SMILES string of the molecule is CCCc1ccc(NCC(O)COCC2CCCO2)cc1. The first kappa shape index (κ1) is 16.3. The van der Waals surface area contributed by atoms with Crippen LogP contribution >= 0.6 is 0 Å². The van der Waals surface area contributed by atoms with Crippen LogP contribution in [0.1, 0.15) is 31.7 Å². The number of aliphatic hydroxyl groups is 1. The maximum Gasteiger partial charge on any atom is 0.0945 e. The Bertz CT molecular complexity index is 388. The van der Waals surface area contributed by atoms with E-state index in [1.54, 1.807) is 0 Å². The molecule has 1 aromatic rings. The van der Waals surface area contributed by atoms with Gasteiger partial charge < -0.3 is 19.9 Å². The van der Waals surface area contributed by atoms with E-state index in [1.165, 1.54) is 5.56 Å². The van der Waals surface area contributed by atoms with Gasteiger partial charge in [-0.05, 0) is 37.0 Å². The van der Waals surface area contributed by atoms with Crippen LogP contribution in [0.25, 0.3) is 0 Å². The fraction of sp³-hybridized carbons (Fsp3) is 0.647. The summed E-state index contributed by atoms with van der Waals surface area (Å²) in [6, 6.07) is 8.38. The monoisotopic (exact) mass is 293 g/mol. The Morgan fingerprint density at radius 3 is 2.86 bits per heavy atom. The first-order chi connectivity index (χ1) is 10.3. The van der Waals surface area contributed by atoms with Crippen molar-refractivity contribution in [1.82, 2.24) is 0 Å². The van der Waals surface area contributed by atoms with Crippen LogP contribution < -0.4 is 5.32 Å². The molecule has 2 rings (SSSR count). The van der Waals surface area contributed by atoms with Gasteiger partial charge in [0, 0.05) is 18.8 Å².